The zero-order valence-electron chi connectivity index (χ0n) is 14.4. The molecule has 1 aliphatic rings. The second-order valence-corrected chi connectivity index (χ2v) is 7.50. The molecule has 0 saturated heterocycles. The molecule has 1 heterocycles. The van der Waals surface area contributed by atoms with Gasteiger partial charge in [-0.1, -0.05) is 29.4 Å². The van der Waals surface area contributed by atoms with Gasteiger partial charge in [-0.3, -0.25) is 4.79 Å². The number of carbonyl (C=O) groups excluding carboxylic acids is 1. The summed E-state index contributed by atoms with van der Waals surface area (Å²) in [6.07, 6.45) is 2.23. The quantitative estimate of drug-likeness (QED) is 0.627. The number of rotatable bonds is 6. The highest BCUT2D eigenvalue weighted by Gasteiger charge is 2.28. The lowest BCUT2D eigenvalue weighted by atomic mass is 10.2. The van der Waals surface area contributed by atoms with Crippen molar-refractivity contribution in [1.82, 2.24) is 5.16 Å². The molecule has 1 aliphatic carbocycles. The number of para-hydroxylation sites is 1. The molecule has 0 atom stereocenters. The largest absolute Gasteiger partial charge is 0.360 e. The minimum atomic E-state index is -0.251. The van der Waals surface area contributed by atoms with Crippen molar-refractivity contribution in [3.63, 3.8) is 0 Å². The third kappa shape index (κ3) is 3.91. The molecular formula is C20H19N3O2S. The molecule has 4 rings (SSSR count). The molecule has 1 N–H and O–H groups in total. The van der Waals surface area contributed by atoms with E-state index < -0.39 is 0 Å². The molecule has 2 aromatic carbocycles. The topological polar surface area (TPSA) is 58.4 Å². The summed E-state index contributed by atoms with van der Waals surface area (Å²) in [5.74, 6) is 1.00. The van der Waals surface area contributed by atoms with Gasteiger partial charge in [0, 0.05) is 35.3 Å². The van der Waals surface area contributed by atoms with Crippen LogP contribution in [0.15, 0.2) is 70.1 Å². The Morgan fingerprint density at radius 3 is 2.73 bits per heavy atom. The number of nitrogens with one attached hydrogen (secondary N) is 1. The van der Waals surface area contributed by atoms with E-state index in [4.69, 9.17) is 4.52 Å². The number of aromatic nitrogens is 1. The Labute approximate surface area is 156 Å². The average molecular weight is 365 g/mol. The van der Waals surface area contributed by atoms with Gasteiger partial charge in [0.25, 0.3) is 5.91 Å². The van der Waals surface area contributed by atoms with E-state index in [0.717, 1.165) is 34.9 Å². The summed E-state index contributed by atoms with van der Waals surface area (Å²) in [6.45, 7) is 0. The summed E-state index contributed by atoms with van der Waals surface area (Å²) in [4.78, 5) is 13.4. The van der Waals surface area contributed by atoms with Gasteiger partial charge >= 0.3 is 0 Å². The summed E-state index contributed by atoms with van der Waals surface area (Å²) in [5, 5.41) is 6.77. The van der Waals surface area contributed by atoms with Crippen LogP contribution in [-0.4, -0.2) is 18.1 Å². The SMILES string of the molecule is CN(Sc1cccc(NC(=O)c2cc(C3CC3)on2)c1)c1ccccc1. The number of amides is 1. The lowest BCUT2D eigenvalue weighted by molar-refractivity contribution is 0.101. The van der Waals surface area contributed by atoms with Crippen LogP contribution in [0.25, 0.3) is 0 Å². The maximum atomic E-state index is 12.4. The number of carbonyl (C=O) groups is 1. The first-order chi connectivity index (χ1) is 12.7. The van der Waals surface area contributed by atoms with Crippen molar-refractivity contribution in [3.8, 4) is 0 Å². The number of benzene rings is 2. The van der Waals surface area contributed by atoms with E-state index in [1.165, 1.54) is 0 Å². The van der Waals surface area contributed by atoms with Crippen LogP contribution < -0.4 is 9.62 Å². The van der Waals surface area contributed by atoms with Crippen molar-refractivity contribution in [2.45, 2.75) is 23.7 Å². The lowest BCUT2D eigenvalue weighted by Crippen LogP contribution is -2.12. The molecule has 5 nitrogen and oxygen atoms in total. The van der Waals surface area contributed by atoms with E-state index in [2.05, 4.69) is 26.9 Å². The first-order valence-electron chi connectivity index (χ1n) is 8.54. The fraction of sp³-hybridized carbons (Fsp3) is 0.200. The van der Waals surface area contributed by atoms with E-state index in [1.807, 2.05) is 49.5 Å². The van der Waals surface area contributed by atoms with Crippen LogP contribution in [0.5, 0.6) is 0 Å². The number of hydrogen-bond donors (Lipinski definition) is 1. The summed E-state index contributed by atoms with van der Waals surface area (Å²) >= 11 is 1.60. The molecule has 0 unspecified atom stereocenters. The Bertz CT molecular complexity index is 906. The third-order valence-electron chi connectivity index (χ3n) is 4.19. The van der Waals surface area contributed by atoms with Gasteiger partial charge in [0.15, 0.2) is 5.69 Å². The maximum absolute atomic E-state index is 12.4. The van der Waals surface area contributed by atoms with Gasteiger partial charge in [0.1, 0.15) is 5.76 Å². The molecule has 1 amide bonds. The molecule has 0 aliphatic heterocycles. The van der Waals surface area contributed by atoms with Crippen LogP contribution >= 0.6 is 11.9 Å². The highest BCUT2D eigenvalue weighted by Crippen LogP contribution is 2.40. The predicted octanol–water partition coefficient (Wildman–Crippen LogP) is 4.95. The van der Waals surface area contributed by atoms with Crippen molar-refractivity contribution in [3.05, 3.63) is 72.1 Å². The van der Waals surface area contributed by atoms with Gasteiger partial charge in [0.2, 0.25) is 0 Å². The molecule has 0 radical (unpaired) electrons. The smallest absolute Gasteiger partial charge is 0.277 e. The fourth-order valence-corrected chi connectivity index (χ4v) is 3.49. The number of anilines is 2. The van der Waals surface area contributed by atoms with Gasteiger partial charge in [0.05, 0.1) is 0 Å². The Morgan fingerprint density at radius 2 is 1.96 bits per heavy atom. The summed E-state index contributed by atoms with van der Waals surface area (Å²) in [6, 6.07) is 19.6. The molecule has 6 heteroatoms. The highest BCUT2D eigenvalue weighted by atomic mass is 32.2. The first-order valence-corrected chi connectivity index (χ1v) is 9.31. The van der Waals surface area contributed by atoms with Gasteiger partial charge in [-0.05, 0) is 55.1 Å². The standard InChI is InChI=1S/C20H19N3O2S/c1-23(16-7-3-2-4-8-16)26-17-9-5-6-15(12-17)21-20(24)18-13-19(25-22-18)14-10-11-14/h2-9,12-14H,10-11H2,1H3,(H,21,24). The minimum absolute atomic E-state index is 0.251. The molecule has 1 fully saturated rings. The van der Waals surface area contributed by atoms with Gasteiger partial charge in [-0.15, -0.1) is 0 Å². The van der Waals surface area contributed by atoms with E-state index in [9.17, 15) is 4.79 Å². The van der Waals surface area contributed by atoms with Gasteiger partial charge in [-0.2, -0.15) is 0 Å². The molecule has 26 heavy (non-hydrogen) atoms. The predicted molar refractivity (Wildman–Crippen MR) is 104 cm³/mol. The second-order valence-electron chi connectivity index (χ2n) is 6.30. The average Bonchev–Trinajstić information content (AvgIpc) is 3.39. The van der Waals surface area contributed by atoms with Crippen LogP contribution in [0.4, 0.5) is 11.4 Å². The maximum Gasteiger partial charge on any atom is 0.277 e. The van der Waals surface area contributed by atoms with Crippen molar-refractivity contribution >= 4 is 29.2 Å². The summed E-state index contributed by atoms with van der Waals surface area (Å²) in [7, 11) is 2.01. The zero-order valence-corrected chi connectivity index (χ0v) is 15.2. The molecule has 0 bridgehead atoms. The first kappa shape index (κ1) is 16.7. The molecular weight excluding hydrogens is 346 g/mol. The lowest BCUT2D eigenvalue weighted by Gasteiger charge is -2.18. The van der Waals surface area contributed by atoms with Gasteiger partial charge < -0.3 is 14.1 Å². The molecule has 3 aromatic rings. The zero-order chi connectivity index (χ0) is 17.9. The molecule has 1 saturated carbocycles. The Hall–Kier alpha value is -2.73. The minimum Gasteiger partial charge on any atom is -0.360 e. The van der Waals surface area contributed by atoms with E-state index in [1.54, 1.807) is 18.0 Å². The van der Waals surface area contributed by atoms with E-state index >= 15 is 0 Å². The van der Waals surface area contributed by atoms with Crippen LogP contribution in [0.3, 0.4) is 0 Å². The van der Waals surface area contributed by atoms with E-state index in [0.29, 0.717) is 11.6 Å². The van der Waals surface area contributed by atoms with Crippen molar-refractivity contribution in [1.29, 1.82) is 0 Å². The third-order valence-corrected chi connectivity index (χ3v) is 5.14. The van der Waals surface area contributed by atoms with Crippen molar-refractivity contribution in [2.24, 2.45) is 0 Å². The van der Waals surface area contributed by atoms with Crippen LogP contribution in [0.1, 0.15) is 35.0 Å². The van der Waals surface area contributed by atoms with Gasteiger partial charge in [-0.25, -0.2) is 0 Å². The Balaban J connectivity index is 1.42. The van der Waals surface area contributed by atoms with Crippen molar-refractivity contribution in [2.75, 3.05) is 16.7 Å². The molecule has 132 valence electrons. The van der Waals surface area contributed by atoms with Crippen molar-refractivity contribution < 1.29 is 9.32 Å². The molecule has 1 aromatic heterocycles. The van der Waals surface area contributed by atoms with Crippen LogP contribution in [-0.2, 0) is 0 Å². The molecule has 0 spiro atoms. The van der Waals surface area contributed by atoms with Crippen LogP contribution in [0.2, 0.25) is 0 Å². The monoisotopic (exact) mass is 365 g/mol. The summed E-state index contributed by atoms with van der Waals surface area (Å²) in [5.41, 5.74) is 2.17. The highest BCUT2D eigenvalue weighted by molar-refractivity contribution is 8.00. The fourth-order valence-electron chi connectivity index (χ4n) is 2.63. The second kappa shape index (κ2) is 7.25. The number of hydrogen-bond acceptors (Lipinski definition) is 5. The summed E-state index contributed by atoms with van der Waals surface area (Å²) < 4.78 is 7.33. The normalized spacial score (nSPS) is 13.4. The number of nitrogens with zero attached hydrogens (tertiary/aromatic N) is 2. The van der Waals surface area contributed by atoms with Crippen LogP contribution in [0, 0.1) is 0 Å². The Morgan fingerprint density at radius 1 is 1.15 bits per heavy atom. The van der Waals surface area contributed by atoms with E-state index in [-0.39, 0.29) is 5.91 Å². The Kier molecular flexibility index (Phi) is 4.67.